The quantitative estimate of drug-likeness (QED) is 0.0401. The number of carboxylic acids is 4. The molecule has 0 unspecified atom stereocenters. The number of hydrogen-bond acceptors (Lipinski definition) is 14. The summed E-state index contributed by atoms with van der Waals surface area (Å²) in [5, 5.41) is 62.1. The van der Waals surface area contributed by atoms with E-state index >= 15 is 0 Å². The van der Waals surface area contributed by atoms with Gasteiger partial charge in [-0.05, 0) is 23.6 Å². The van der Waals surface area contributed by atoms with E-state index in [1.54, 1.807) is 6.92 Å². The second-order valence-corrected chi connectivity index (χ2v) is 14.1. The van der Waals surface area contributed by atoms with Crippen LogP contribution in [-0.4, -0.2) is 150 Å². The number of carbonyl (C=O) groups is 11. The Balaban J connectivity index is 2.12. The zero-order valence-corrected chi connectivity index (χ0v) is 33.9. The molecule has 0 spiro atoms. The third-order valence-corrected chi connectivity index (χ3v) is 9.03. The number of benzene rings is 1. The van der Waals surface area contributed by atoms with Gasteiger partial charge in [0, 0.05) is 24.7 Å². The Hall–Kier alpha value is -7.64. The van der Waals surface area contributed by atoms with Crippen LogP contribution in [0, 0.1) is 5.92 Å². The number of carbonyl (C=O) groups excluding carboxylic acids is 7. The number of phenolic OH excluding ortho intramolecular Hbond substituents is 1. The lowest BCUT2D eigenvalue weighted by atomic mass is 9.97. The maximum absolute atomic E-state index is 13.4. The fraction of sp³-hybridized carbons (Fsp3) is 0.459. The first-order valence-electron chi connectivity index (χ1n) is 19.0. The molecule has 0 aliphatic rings. The van der Waals surface area contributed by atoms with E-state index in [-0.39, 0.29) is 25.0 Å². The molecule has 7 amide bonds. The second kappa shape index (κ2) is 25.2. The number of nitrogens with one attached hydrogen (secondary N) is 8. The van der Waals surface area contributed by atoms with Gasteiger partial charge in [0.05, 0.1) is 44.7 Å². The normalized spacial score (nSPS) is 14.1. The molecule has 1 heterocycles. The monoisotopic (exact) mass is 890 g/mol. The molecule has 0 aliphatic heterocycles. The lowest BCUT2D eigenvalue weighted by Crippen LogP contribution is -2.58. The van der Waals surface area contributed by atoms with Crippen molar-refractivity contribution in [2.45, 2.75) is 88.6 Å². The lowest BCUT2D eigenvalue weighted by molar-refractivity contribution is -0.147. The van der Waals surface area contributed by atoms with Crippen LogP contribution in [0.4, 0.5) is 0 Å². The van der Waals surface area contributed by atoms with E-state index < -0.39 is 140 Å². The summed E-state index contributed by atoms with van der Waals surface area (Å²) in [6.07, 6.45) is -0.277. The summed E-state index contributed by atoms with van der Waals surface area (Å²) in [7, 11) is 0. The number of imidazole rings is 1. The van der Waals surface area contributed by atoms with Gasteiger partial charge < -0.3 is 73.5 Å². The molecular weight excluding hydrogens is 840 g/mol. The van der Waals surface area contributed by atoms with E-state index in [1.165, 1.54) is 43.7 Å². The minimum Gasteiger partial charge on any atom is -0.508 e. The molecule has 0 bridgehead atoms. The molecule has 7 atom stereocenters. The largest absolute Gasteiger partial charge is 0.508 e. The van der Waals surface area contributed by atoms with Crippen molar-refractivity contribution in [2.24, 2.45) is 11.7 Å². The number of phenols is 1. The standard InChI is InChI=1S/C37H50N10O16/c1-3-17(2)31(36(61)41-15-27(50)43-22(8-18-4-6-20(48)7-5-18)34(59)46-25(37(62)63)12-30(55)56)47-35(60)24(11-29(53)54)44-26(49)14-40-33(58)23(10-28(51)52)45-32(57)21(38)9-19-13-39-16-42-19/h4-7,13,16-17,21-25,31,48H,3,8-12,14-15,38H2,1-2H3,(H,39,42)(H,40,58)(H,41,61)(H,43,50)(H,44,49)(H,45,57)(H,46,59)(H,47,60)(H,51,52)(H,53,54)(H,55,56)(H,62,63)/t17-,21-,22-,23-,24-,25-,31-/m0/s1. The van der Waals surface area contributed by atoms with E-state index in [0.29, 0.717) is 11.3 Å². The summed E-state index contributed by atoms with van der Waals surface area (Å²) in [5.74, 6) is -14.5. The Morgan fingerprint density at radius 1 is 0.635 bits per heavy atom. The van der Waals surface area contributed by atoms with Crippen LogP contribution in [0.1, 0.15) is 50.8 Å². The predicted octanol–water partition coefficient (Wildman–Crippen LogP) is -4.56. The predicted molar refractivity (Wildman–Crippen MR) is 212 cm³/mol. The number of aromatic nitrogens is 2. The van der Waals surface area contributed by atoms with Crippen molar-refractivity contribution in [3.63, 3.8) is 0 Å². The maximum atomic E-state index is 13.4. The minimum absolute atomic E-state index is 0.0438. The van der Waals surface area contributed by atoms with Crippen LogP contribution in [0.5, 0.6) is 5.75 Å². The molecule has 0 saturated heterocycles. The van der Waals surface area contributed by atoms with Crippen molar-refractivity contribution >= 4 is 65.2 Å². The highest BCUT2D eigenvalue weighted by Gasteiger charge is 2.33. The lowest BCUT2D eigenvalue weighted by Gasteiger charge is -2.26. The summed E-state index contributed by atoms with van der Waals surface area (Å²) in [6.45, 7) is 1.40. The highest BCUT2D eigenvalue weighted by atomic mass is 16.4. The molecule has 26 nitrogen and oxygen atoms in total. The van der Waals surface area contributed by atoms with Gasteiger partial charge >= 0.3 is 23.9 Å². The average Bonchev–Trinajstić information content (AvgIpc) is 3.72. The van der Waals surface area contributed by atoms with Gasteiger partial charge in [0.2, 0.25) is 41.4 Å². The summed E-state index contributed by atoms with van der Waals surface area (Å²) in [5.41, 5.74) is 6.70. The Morgan fingerprint density at radius 2 is 1.13 bits per heavy atom. The molecule has 1 aromatic heterocycles. The third kappa shape index (κ3) is 18.7. The molecule has 0 aliphatic carbocycles. The Kier molecular flexibility index (Phi) is 20.6. The molecule has 344 valence electrons. The van der Waals surface area contributed by atoms with E-state index in [0.717, 1.165) is 0 Å². The number of aromatic hydroxyl groups is 1. The van der Waals surface area contributed by atoms with Gasteiger partial charge in [-0.15, -0.1) is 0 Å². The number of nitrogens with zero attached hydrogens (tertiary/aromatic N) is 1. The zero-order valence-electron chi connectivity index (χ0n) is 33.9. The fourth-order valence-corrected chi connectivity index (χ4v) is 5.51. The highest BCUT2D eigenvalue weighted by Crippen LogP contribution is 2.13. The molecule has 0 fully saturated rings. The van der Waals surface area contributed by atoms with Gasteiger partial charge in [-0.2, -0.15) is 0 Å². The van der Waals surface area contributed by atoms with E-state index in [9.17, 15) is 73.2 Å². The Labute approximate surface area is 357 Å². The smallest absolute Gasteiger partial charge is 0.326 e. The van der Waals surface area contributed by atoms with Gasteiger partial charge in [0.15, 0.2) is 0 Å². The molecule has 2 rings (SSSR count). The molecule has 15 N–H and O–H groups in total. The van der Waals surface area contributed by atoms with Crippen molar-refractivity contribution in [1.29, 1.82) is 0 Å². The number of amides is 7. The van der Waals surface area contributed by atoms with Crippen molar-refractivity contribution in [3.8, 4) is 5.75 Å². The number of aliphatic carboxylic acids is 4. The van der Waals surface area contributed by atoms with Crippen LogP contribution in [0.15, 0.2) is 36.8 Å². The molecule has 1 aromatic carbocycles. The van der Waals surface area contributed by atoms with Gasteiger partial charge in [0.1, 0.15) is 36.0 Å². The van der Waals surface area contributed by atoms with Crippen LogP contribution in [0.3, 0.4) is 0 Å². The molecule has 0 saturated carbocycles. The van der Waals surface area contributed by atoms with E-state index in [2.05, 4.69) is 41.9 Å². The van der Waals surface area contributed by atoms with Crippen LogP contribution < -0.4 is 43.0 Å². The number of H-pyrrole nitrogens is 1. The minimum atomic E-state index is -1.87. The molecule has 2 aromatic rings. The fourth-order valence-electron chi connectivity index (χ4n) is 5.51. The van der Waals surface area contributed by atoms with Crippen LogP contribution in [-0.2, 0) is 65.6 Å². The Morgan fingerprint density at radius 3 is 1.63 bits per heavy atom. The SMILES string of the molecule is CC[C@H](C)[C@H](NC(=O)[C@H](CC(=O)O)NC(=O)CNC(=O)[C@H](CC(=O)O)NC(=O)[C@@H](N)Cc1cnc[nH]1)C(=O)NCC(=O)N[C@@H](Cc1ccc(O)cc1)C(=O)N[C@@H](CC(=O)O)C(=O)O. The molecule has 0 radical (unpaired) electrons. The molecular formula is C37H50N10O16. The summed E-state index contributed by atoms with van der Waals surface area (Å²) in [6, 6.07) is -4.29. The van der Waals surface area contributed by atoms with Crippen molar-refractivity contribution < 1.29 is 78.3 Å². The second-order valence-electron chi connectivity index (χ2n) is 14.1. The third-order valence-electron chi connectivity index (χ3n) is 9.03. The van der Waals surface area contributed by atoms with Gasteiger partial charge in [-0.25, -0.2) is 9.78 Å². The van der Waals surface area contributed by atoms with Crippen molar-refractivity contribution in [2.75, 3.05) is 13.1 Å². The summed E-state index contributed by atoms with van der Waals surface area (Å²) < 4.78 is 0. The van der Waals surface area contributed by atoms with Gasteiger partial charge in [-0.3, -0.25) is 47.9 Å². The van der Waals surface area contributed by atoms with Crippen molar-refractivity contribution in [3.05, 3.63) is 48.0 Å². The zero-order chi connectivity index (χ0) is 47.4. The Bertz CT molecular complexity index is 1980. The first-order chi connectivity index (χ1) is 29.6. The first kappa shape index (κ1) is 51.5. The topological polar surface area (TPSA) is 428 Å². The first-order valence-corrected chi connectivity index (χ1v) is 19.0. The van der Waals surface area contributed by atoms with Crippen LogP contribution in [0.25, 0.3) is 0 Å². The number of nitrogens with two attached hydrogens (primary N) is 1. The van der Waals surface area contributed by atoms with Gasteiger partial charge in [0.25, 0.3) is 0 Å². The van der Waals surface area contributed by atoms with Crippen LogP contribution in [0.2, 0.25) is 0 Å². The summed E-state index contributed by atoms with van der Waals surface area (Å²) in [4.78, 5) is 143. The number of aromatic amines is 1. The number of rotatable bonds is 27. The van der Waals surface area contributed by atoms with E-state index in [1.807, 2.05) is 5.32 Å². The van der Waals surface area contributed by atoms with Crippen molar-refractivity contribution in [1.82, 2.24) is 47.2 Å². The molecule has 63 heavy (non-hydrogen) atoms. The van der Waals surface area contributed by atoms with E-state index in [4.69, 9.17) is 10.8 Å². The highest BCUT2D eigenvalue weighted by molar-refractivity contribution is 5.98. The number of carboxylic acid groups (broad SMARTS) is 4. The van der Waals surface area contributed by atoms with Gasteiger partial charge in [-0.1, -0.05) is 32.4 Å². The maximum Gasteiger partial charge on any atom is 0.326 e. The summed E-state index contributed by atoms with van der Waals surface area (Å²) >= 11 is 0. The average molecular weight is 891 g/mol. The van der Waals surface area contributed by atoms with Crippen LogP contribution >= 0.6 is 0 Å². The molecule has 26 heteroatoms. The number of hydrogen-bond donors (Lipinski definition) is 14.